The Hall–Kier alpha value is -1.11. The molecule has 1 heterocycles. The second-order valence-electron chi connectivity index (χ2n) is 9.14. The number of nitrogens with zero attached hydrogens (tertiary/aromatic N) is 2. The van der Waals surface area contributed by atoms with E-state index in [1.165, 1.54) is 32.1 Å². The number of hydrazine groups is 1. The monoisotopic (exact) mass is 389 g/mol. The van der Waals surface area contributed by atoms with Gasteiger partial charge in [0.15, 0.2) is 0 Å². The van der Waals surface area contributed by atoms with Gasteiger partial charge in [-0.3, -0.25) is 5.01 Å². The molecule has 1 aromatic carbocycles. The van der Waals surface area contributed by atoms with Crippen molar-refractivity contribution in [3.05, 3.63) is 23.8 Å². The van der Waals surface area contributed by atoms with Gasteiger partial charge in [0.2, 0.25) is 10.0 Å². The van der Waals surface area contributed by atoms with Crippen LogP contribution in [-0.2, 0) is 10.0 Å². The van der Waals surface area contributed by atoms with Crippen molar-refractivity contribution in [2.45, 2.75) is 63.4 Å². The Bertz CT molecular complexity index is 834. The maximum atomic E-state index is 13.3. The van der Waals surface area contributed by atoms with E-state index < -0.39 is 10.0 Å². The molecule has 4 saturated carbocycles. The molecule has 148 valence electrons. The van der Waals surface area contributed by atoms with Crippen LogP contribution in [-0.4, -0.2) is 31.5 Å². The third-order valence-corrected chi connectivity index (χ3v) is 9.77. The largest absolute Gasteiger partial charge is 0.282 e. The molecule has 0 unspecified atom stereocenters. The lowest BCUT2D eigenvalue weighted by molar-refractivity contribution is -0.0164. The van der Waals surface area contributed by atoms with Crippen LogP contribution in [0.4, 0.5) is 5.69 Å². The van der Waals surface area contributed by atoms with Gasteiger partial charge in [0.05, 0.1) is 5.69 Å². The fourth-order valence-electron chi connectivity index (χ4n) is 6.59. The molecule has 1 aliphatic heterocycles. The summed E-state index contributed by atoms with van der Waals surface area (Å²) in [7, 11) is -3.48. The summed E-state index contributed by atoms with van der Waals surface area (Å²) in [6.45, 7) is 6.86. The number of rotatable bonds is 5. The summed E-state index contributed by atoms with van der Waals surface area (Å²) in [6.07, 6.45) is 6.65. The van der Waals surface area contributed by atoms with Crippen LogP contribution in [0.5, 0.6) is 0 Å². The van der Waals surface area contributed by atoms with Gasteiger partial charge in [-0.05, 0) is 80.4 Å². The van der Waals surface area contributed by atoms with Crippen molar-refractivity contribution in [2.24, 2.45) is 23.7 Å². The van der Waals surface area contributed by atoms with Gasteiger partial charge in [0, 0.05) is 13.1 Å². The van der Waals surface area contributed by atoms with Gasteiger partial charge in [-0.25, -0.2) is 13.8 Å². The van der Waals surface area contributed by atoms with Gasteiger partial charge < -0.3 is 0 Å². The van der Waals surface area contributed by atoms with E-state index in [0.29, 0.717) is 29.8 Å². The molecule has 27 heavy (non-hydrogen) atoms. The van der Waals surface area contributed by atoms with Crippen LogP contribution >= 0.6 is 0 Å². The summed E-state index contributed by atoms with van der Waals surface area (Å²) in [6, 6.07) is 5.79. The zero-order valence-corrected chi connectivity index (χ0v) is 17.4. The third kappa shape index (κ3) is 2.45. The minimum atomic E-state index is -3.48. The predicted molar refractivity (Wildman–Crippen MR) is 107 cm³/mol. The number of sulfonamides is 1. The third-order valence-electron chi connectivity index (χ3n) is 7.67. The smallest absolute Gasteiger partial charge is 0.245 e. The van der Waals surface area contributed by atoms with Crippen LogP contribution in [0.1, 0.15) is 51.5 Å². The fourth-order valence-corrected chi connectivity index (χ4v) is 8.20. The molecular formula is C21H31N3O2S. The number of hydrogen-bond donors (Lipinski definition) is 1. The number of hydrogen-bond acceptors (Lipinski definition) is 4. The average Bonchev–Trinajstić information content (AvgIpc) is 3.36. The topological polar surface area (TPSA) is 62.3 Å². The van der Waals surface area contributed by atoms with E-state index in [-0.39, 0.29) is 5.66 Å². The number of nitrogens with one attached hydrogen (secondary N) is 1. The molecule has 4 aliphatic carbocycles. The maximum Gasteiger partial charge on any atom is 0.245 e. The highest BCUT2D eigenvalue weighted by Crippen LogP contribution is 2.64. The SMILES string of the molecule is CCN(CC)S(=O)(=O)c1ccc(C)cc1N1NC12C1CC3CC(C1)CC2C3. The summed E-state index contributed by atoms with van der Waals surface area (Å²) in [5.74, 6) is 3.13. The second kappa shape index (κ2) is 5.94. The Balaban J connectivity index is 1.55. The summed E-state index contributed by atoms with van der Waals surface area (Å²) in [4.78, 5) is 0.454. The first-order valence-corrected chi connectivity index (χ1v) is 12.0. The molecule has 6 heteroatoms. The summed E-state index contributed by atoms with van der Waals surface area (Å²) >= 11 is 0. The van der Waals surface area contributed by atoms with Crippen LogP contribution in [0, 0.1) is 30.6 Å². The van der Waals surface area contributed by atoms with Crippen LogP contribution < -0.4 is 10.4 Å². The Kier molecular flexibility index (Phi) is 3.95. The lowest BCUT2D eigenvalue weighted by atomic mass is 9.52. The Morgan fingerprint density at radius 2 is 1.67 bits per heavy atom. The van der Waals surface area contributed by atoms with E-state index in [1.54, 1.807) is 4.31 Å². The van der Waals surface area contributed by atoms with E-state index in [1.807, 2.05) is 32.9 Å². The zero-order chi connectivity index (χ0) is 19.0. The lowest BCUT2D eigenvalue weighted by Crippen LogP contribution is -2.53. The fraction of sp³-hybridized carbons (Fsp3) is 0.714. The van der Waals surface area contributed by atoms with Gasteiger partial charge in [-0.15, -0.1) is 0 Å². The molecule has 5 aliphatic rings. The number of aryl methyl sites for hydroxylation is 1. The maximum absolute atomic E-state index is 13.3. The number of benzene rings is 1. The van der Waals surface area contributed by atoms with E-state index in [4.69, 9.17) is 0 Å². The molecule has 4 bridgehead atoms. The normalized spacial score (nSPS) is 36.8. The Labute approximate surface area is 163 Å². The highest BCUT2D eigenvalue weighted by Gasteiger charge is 2.68. The van der Waals surface area contributed by atoms with Crippen molar-refractivity contribution in [3.63, 3.8) is 0 Å². The van der Waals surface area contributed by atoms with Crippen LogP contribution in [0.25, 0.3) is 0 Å². The van der Waals surface area contributed by atoms with Gasteiger partial charge in [0.25, 0.3) is 0 Å². The van der Waals surface area contributed by atoms with Gasteiger partial charge in [-0.1, -0.05) is 19.9 Å². The molecule has 0 amide bonds. The van der Waals surface area contributed by atoms with Crippen molar-refractivity contribution < 1.29 is 8.42 Å². The molecular weight excluding hydrogens is 358 g/mol. The molecule has 6 rings (SSSR count). The average molecular weight is 390 g/mol. The molecule has 1 saturated heterocycles. The van der Waals surface area contributed by atoms with Crippen LogP contribution in [0.3, 0.4) is 0 Å². The molecule has 0 radical (unpaired) electrons. The van der Waals surface area contributed by atoms with Crippen LogP contribution in [0.2, 0.25) is 0 Å². The van der Waals surface area contributed by atoms with Crippen molar-refractivity contribution in [1.29, 1.82) is 0 Å². The molecule has 1 aromatic rings. The lowest BCUT2D eigenvalue weighted by Gasteiger charge is -2.53. The molecule has 5 fully saturated rings. The Morgan fingerprint density at radius 1 is 1.07 bits per heavy atom. The van der Waals surface area contributed by atoms with E-state index in [0.717, 1.165) is 23.1 Å². The first-order chi connectivity index (χ1) is 12.9. The molecule has 1 spiro atoms. The van der Waals surface area contributed by atoms with Crippen molar-refractivity contribution >= 4 is 15.7 Å². The molecule has 0 atom stereocenters. The summed E-state index contributed by atoms with van der Waals surface area (Å²) < 4.78 is 28.2. The van der Waals surface area contributed by atoms with Crippen LogP contribution in [0.15, 0.2) is 23.1 Å². The van der Waals surface area contributed by atoms with Crippen molar-refractivity contribution in [1.82, 2.24) is 9.73 Å². The minimum Gasteiger partial charge on any atom is -0.282 e. The van der Waals surface area contributed by atoms with Gasteiger partial charge in [0.1, 0.15) is 10.6 Å². The highest BCUT2D eigenvalue weighted by atomic mass is 32.2. The zero-order valence-electron chi connectivity index (χ0n) is 16.6. The Morgan fingerprint density at radius 3 is 2.22 bits per heavy atom. The minimum absolute atomic E-state index is 0.00867. The molecule has 5 nitrogen and oxygen atoms in total. The standard InChI is InChI=1S/C21H31N3O2S/c1-4-23(5-2)27(25,26)20-7-6-14(3)8-19(20)24-21(22-24)17-10-15-9-16(12-17)13-18(21)11-15/h6-8,15-18,22H,4-5,9-13H2,1-3H3. The molecule has 0 aromatic heterocycles. The van der Waals surface area contributed by atoms with E-state index in [2.05, 4.69) is 16.5 Å². The van der Waals surface area contributed by atoms with Gasteiger partial charge >= 0.3 is 0 Å². The van der Waals surface area contributed by atoms with Crippen molar-refractivity contribution in [2.75, 3.05) is 18.1 Å². The molecule has 1 N–H and O–H groups in total. The van der Waals surface area contributed by atoms with E-state index >= 15 is 0 Å². The van der Waals surface area contributed by atoms with Crippen molar-refractivity contribution in [3.8, 4) is 0 Å². The van der Waals surface area contributed by atoms with E-state index in [9.17, 15) is 8.42 Å². The first kappa shape index (κ1) is 18.0. The number of anilines is 1. The summed E-state index contributed by atoms with van der Waals surface area (Å²) in [5.41, 5.74) is 5.68. The quantitative estimate of drug-likeness (QED) is 0.783. The predicted octanol–water partition coefficient (Wildman–Crippen LogP) is 3.50. The first-order valence-electron chi connectivity index (χ1n) is 10.6. The van der Waals surface area contributed by atoms with Gasteiger partial charge in [-0.2, -0.15) is 4.31 Å². The second-order valence-corrected chi connectivity index (χ2v) is 11.0. The summed E-state index contributed by atoms with van der Waals surface area (Å²) in [5, 5.41) is 2.24. The highest BCUT2D eigenvalue weighted by molar-refractivity contribution is 7.89.